The van der Waals surface area contributed by atoms with Crippen molar-refractivity contribution < 1.29 is 4.79 Å². The maximum atomic E-state index is 11.8. The van der Waals surface area contributed by atoms with Crippen molar-refractivity contribution in [3.05, 3.63) is 34.3 Å². The van der Waals surface area contributed by atoms with Gasteiger partial charge in [-0.3, -0.25) is 4.79 Å². The van der Waals surface area contributed by atoms with Gasteiger partial charge in [-0.1, -0.05) is 28.1 Å². The highest BCUT2D eigenvalue weighted by atomic mass is 79.9. The van der Waals surface area contributed by atoms with Crippen molar-refractivity contribution in [3.8, 4) is 0 Å². The van der Waals surface area contributed by atoms with E-state index in [2.05, 4.69) is 26.2 Å². The number of likely N-dealkylation sites (N-methyl/N-ethyl adjacent to an activating group) is 1. The summed E-state index contributed by atoms with van der Waals surface area (Å²) in [7, 11) is 3.62. The van der Waals surface area contributed by atoms with Crippen LogP contribution in [0.5, 0.6) is 0 Å². The van der Waals surface area contributed by atoms with E-state index >= 15 is 0 Å². The predicted molar refractivity (Wildman–Crippen MR) is 70.8 cm³/mol. The summed E-state index contributed by atoms with van der Waals surface area (Å²) in [6.45, 7) is 1.89. The molecular formula is C12H14BrN3O. The zero-order valence-electron chi connectivity index (χ0n) is 9.99. The van der Waals surface area contributed by atoms with Crippen LogP contribution in [0.1, 0.15) is 12.5 Å². The molecule has 1 unspecified atom stereocenters. The largest absolute Gasteiger partial charge is 0.358 e. The van der Waals surface area contributed by atoms with Gasteiger partial charge in [-0.25, -0.2) is 4.99 Å². The van der Waals surface area contributed by atoms with Gasteiger partial charge < -0.3 is 10.2 Å². The van der Waals surface area contributed by atoms with Crippen molar-refractivity contribution in [2.45, 2.75) is 12.6 Å². The lowest BCUT2D eigenvalue weighted by molar-refractivity contribution is -0.115. The molecule has 17 heavy (non-hydrogen) atoms. The third-order valence-corrected chi connectivity index (χ3v) is 3.25. The van der Waals surface area contributed by atoms with Crippen molar-refractivity contribution in [2.24, 2.45) is 4.99 Å². The number of hydrogen-bond donors (Lipinski definition) is 1. The van der Waals surface area contributed by atoms with E-state index in [0.29, 0.717) is 5.84 Å². The summed E-state index contributed by atoms with van der Waals surface area (Å²) in [6.07, 6.45) is 0. The van der Waals surface area contributed by atoms with Crippen LogP contribution in [0.25, 0.3) is 0 Å². The number of rotatable bonds is 1. The Morgan fingerprint density at radius 1 is 1.29 bits per heavy atom. The molecule has 0 aromatic heterocycles. The van der Waals surface area contributed by atoms with E-state index in [1.807, 2.05) is 45.3 Å². The molecule has 5 heteroatoms. The van der Waals surface area contributed by atoms with Gasteiger partial charge >= 0.3 is 0 Å². The van der Waals surface area contributed by atoms with Crippen molar-refractivity contribution in [2.75, 3.05) is 14.1 Å². The van der Waals surface area contributed by atoms with Crippen molar-refractivity contribution in [1.82, 2.24) is 10.2 Å². The molecule has 1 heterocycles. The molecule has 1 aromatic rings. The Morgan fingerprint density at radius 2 is 1.88 bits per heavy atom. The monoisotopic (exact) mass is 295 g/mol. The highest BCUT2D eigenvalue weighted by Gasteiger charge is 2.37. The summed E-state index contributed by atoms with van der Waals surface area (Å²) in [5.41, 5.74) is 0.295. The molecule has 0 radical (unpaired) electrons. The second-order valence-electron chi connectivity index (χ2n) is 4.36. The van der Waals surface area contributed by atoms with Crippen LogP contribution in [-0.4, -0.2) is 30.7 Å². The van der Waals surface area contributed by atoms with Crippen LogP contribution < -0.4 is 5.32 Å². The number of amidine groups is 1. The standard InChI is InChI=1S/C12H14BrN3O/c1-12(8-4-6-9(13)7-5-8)14-10(16(2)3)11(17)15-12/h4-7H,1-3H3,(H,15,17). The summed E-state index contributed by atoms with van der Waals surface area (Å²) in [5.74, 6) is 0.316. The molecule has 1 aliphatic heterocycles. The Balaban J connectivity index is 2.39. The predicted octanol–water partition coefficient (Wildman–Crippen LogP) is 1.71. The van der Waals surface area contributed by atoms with Crippen molar-refractivity contribution in [1.29, 1.82) is 0 Å². The smallest absolute Gasteiger partial charge is 0.288 e. The van der Waals surface area contributed by atoms with Crippen LogP contribution in [0.2, 0.25) is 0 Å². The molecule has 0 bridgehead atoms. The van der Waals surface area contributed by atoms with Crippen LogP contribution in [0.3, 0.4) is 0 Å². The molecule has 0 spiro atoms. The van der Waals surface area contributed by atoms with E-state index in [9.17, 15) is 4.79 Å². The molecule has 1 aromatic carbocycles. The highest BCUT2D eigenvalue weighted by molar-refractivity contribution is 9.10. The fourth-order valence-corrected chi connectivity index (χ4v) is 2.05. The van der Waals surface area contributed by atoms with Gasteiger partial charge in [-0.05, 0) is 24.6 Å². The summed E-state index contributed by atoms with van der Waals surface area (Å²) in [6, 6.07) is 7.78. The van der Waals surface area contributed by atoms with Crippen LogP contribution in [0.15, 0.2) is 33.7 Å². The zero-order chi connectivity index (χ0) is 12.6. The van der Waals surface area contributed by atoms with Gasteiger partial charge in [0.2, 0.25) is 0 Å². The number of amides is 1. The normalized spacial score (nSPS) is 23.3. The lowest BCUT2D eigenvalue weighted by Gasteiger charge is -2.21. The maximum Gasteiger partial charge on any atom is 0.288 e. The minimum atomic E-state index is -0.669. The van der Waals surface area contributed by atoms with Gasteiger partial charge in [0.25, 0.3) is 5.91 Å². The highest BCUT2D eigenvalue weighted by Crippen LogP contribution is 2.27. The Bertz CT molecular complexity index is 481. The minimum absolute atomic E-state index is 0.139. The van der Waals surface area contributed by atoms with Gasteiger partial charge in [-0.15, -0.1) is 0 Å². The molecule has 0 fully saturated rings. The molecule has 0 saturated carbocycles. The lowest BCUT2D eigenvalue weighted by Crippen LogP contribution is -2.39. The van der Waals surface area contributed by atoms with Crippen LogP contribution in [0.4, 0.5) is 0 Å². The number of nitrogens with one attached hydrogen (secondary N) is 1. The topological polar surface area (TPSA) is 44.7 Å². The maximum absolute atomic E-state index is 11.8. The summed E-state index contributed by atoms with van der Waals surface area (Å²) in [4.78, 5) is 18.0. The van der Waals surface area contributed by atoms with E-state index in [0.717, 1.165) is 10.0 Å². The average Bonchev–Trinajstić information content (AvgIpc) is 2.56. The van der Waals surface area contributed by atoms with Crippen molar-refractivity contribution >= 4 is 27.7 Å². The molecule has 1 N–H and O–H groups in total. The molecule has 0 saturated heterocycles. The van der Waals surface area contributed by atoms with Gasteiger partial charge in [0.15, 0.2) is 11.5 Å². The Labute approximate surface area is 109 Å². The zero-order valence-corrected chi connectivity index (χ0v) is 11.6. The molecule has 4 nitrogen and oxygen atoms in total. The van der Waals surface area contributed by atoms with E-state index in [4.69, 9.17) is 0 Å². The number of carbonyl (C=O) groups excluding carboxylic acids is 1. The van der Waals surface area contributed by atoms with Gasteiger partial charge in [0.1, 0.15) is 0 Å². The van der Waals surface area contributed by atoms with E-state index < -0.39 is 5.66 Å². The average molecular weight is 296 g/mol. The number of carbonyl (C=O) groups is 1. The number of benzene rings is 1. The first-order valence-electron chi connectivity index (χ1n) is 5.28. The number of aliphatic imine (C=N–C) groups is 1. The summed E-state index contributed by atoms with van der Waals surface area (Å²) in [5, 5.41) is 2.90. The third-order valence-electron chi connectivity index (χ3n) is 2.72. The Kier molecular flexibility index (Phi) is 2.95. The first kappa shape index (κ1) is 12.1. The van der Waals surface area contributed by atoms with Crippen LogP contribution >= 0.6 is 15.9 Å². The van der Waals surface area contributed by atoms with Gasteiger partial charge in [0, 0.05) is 18.6 Å². The summed E-state index contributed by atoms with van der Waals surface area (Å²) >= 11 is 3.39. The molecule has 1 amide bonds. The number of hydrogen-bond acceptors (Lipinski definition) is 3. The first-order valence-corrected chi connectivity index (χ1v) is 6.07. The van der Waals surface area contributed by atoms with Crippen LogP contribution in [0, 0.1) is 0 Å². The molecular weight excluding hydrogens is 282 g/mol. The first-order chi connectivity index (χ1) is 7.92. The van der Waals surface area contributed by atoms with E-state index in [-0.39, 0.29) is 5.91 Å². The molecule has 0 aliphatic carbocycles. The van der Waals surface area contributed by atoms with Crippen molar-refractivity contribution in [3.63, 3.8) is 0 Å². The van der Waals surface area contributed by atoms with E-state index in [1.165, 1.54) is 0 Å². The lowest BCUT2D eigenvalue weighted by atomic mass is 10.0. The Hall–Kier alpha value is -1.36. The minimum Gasteiger partial charge on any atom is -0.358 e. The van der Waals surface area contributed by atoms with E-state index in [1.54, 1.807) is 4.90 Å². The number of halogens is 1. The molecule has 1 aliphatic rings. The molecule has 2 rings (SSSR count). The van der Waals surface area contributed by atoms with Gasteiger partial charge in [0.05, 0.1) is 0 Å². The van der Waals surface area contributed by atoms with Crippen LogP contribution in [-0.2, 0) is 10.5 Å². The SMILES string of the molecule is CN(C)C1=NC(C)(c2ccc(Br)cc2)NC1=O. The fraction of sp³-hybridized carbons (Fsp3) is 0.333. The Morgan fingerprint density at radius 3 is 2.35 bits per heavy atom. The summed E-state index contributed by atoms with van der Waals surface area (Å²) < 4.78 is 1.01. The second-order valence-corrected chi connectivity index (χ2v) is 5.28. The second kappa shape index (κ2) is 4.14. The number of nitrogens with zero attached hydrogens (tertiary/aromatic N) is 2. The molecule has 1 atom stereocenters. The fourth-order valence-electron chi connectivity index (χ4n) is 1.78. The third kappa shape index (κ3) is 2.20. The molecule has 90 valence electrons. The van der Waals surface area contributed by atoms with Gasteiger partial charge in [-0.2, -0.15) is 0 Å². The quantitative estimate of drug-likeness (QED) is 0.857.